The summed E-state index contributed by atoms with van der Waals surface area (Å²) in [6.45, 7) is 1.90. The van der Waals surface area contributed by atoms with Gasteiger partial charge in [-0.3, -0.25) is 9.59 Å². The first-order valence-corrected chi connectivity index (χ1v) is 10.5. The van der Waals surface area contributed by atoms with Gasteiger partial charge in [-0.1, -0.05) is 35.5 Å². The summed E-state index contributed by atoms with van der Waals surface area (Å²) in [4.78, 5) is 27.9. The molecule has 0 bridgehead atoms. The first kappa shape index (κ1) is 22.6. The number of hydrogen-bond donors (Lipinski definition) is 1. The molecule has 0 aliphatic carbocycles. The van der Waals surface area contributed by atoms with Crippen LogP contribution in [-0.2, 0) is 15.8 Å². The van der Waals surface area contributed by atoms with Crippen LogP contribution in [0, 0.1) is 12.7 Å². The van der Waals surface area contributed by atoms with Crippen LogP contribution in [0.25, 0.3) is 0 Å². The van der Waals surface area contributed by atoms with E-state index in [2.05, 4.69) is 5.32 Å². The van der Waals surface area contributed by atoms with Crippen LogP contribution in [-0.4, -0.2) is 11.8 Å². The van der Waals surface area contributed by atoms with E-state index < -0.39 is 29.4 Å². The molecule has 0 fully saturated rings. The van der Waals surface area contributed by atoms with Gasteiger partial charge >= 0.3 is 6.18 Å². The van der Waals surface area contributed by atoms with Crippen molar-refractivity contribution in [2.75, 3.05) is 10.2 Å². The van der Waals surface area contributed by atoms with Gasteiger partial charge in [0.25, 0.3) is 11.8 Å². The zero-order valence-corrected chi connectivity index (χ0v) is 17.9. The van der Waals surface area contributed by atoms with Crippen molar-refractivity contribution in [3.8, 4) is 0 Å². The molecule has 3 aromatic rings. The Morgan fingerprint density at radius 3 is 2.18 bits per heavy atom. The summed E-state index contributed by atoms with van der Waals surface area (Å²) in [7, 11) is 0. The maximum atomic E-state index is 13.3. The highest BCUT2D eigenvalue weighted by molar-refractivity contribution is 8.04. The largest absolute Gasteiger partial charge is 0.416 e. The van der Waals surface area contributed by atoms with Crippen molar-refractivity contribution >= 4 is 35.0 Å². The maximum absolute atomic E-state index is 13.3. The number of imide groups is 1. The monoisotopic (exact) mass is 472 g/mol. The Hall–Kier alpha value is -3.59. The third-order valence-electron chi connectivity index (χ3n) is 4.83. The molecule has 0 spiro atoms. The molecule has 2 amide bonds. The molecule has 1 heterocycles. The number of anilines is 2. The highest BCUT2D eigenvalue weighted by atomic mass is 32.2. The summed E-state index contributed by atoms with van der Waals surface area (Å²) in [5, 5.41) is 2.83. The van der Waals surface area contributed by atoms with Crippen LogP contribution < -0.4 is 10.2 Å². The Bertz CT molecular complexity index is 1180. The lowest BCUT2D eigenvalue weighted by Crippen LogP contribution is -2.32. The van der Waals surface area contributed by atoms with Gasteiger partial charge in [-0.05, 0) is 61.5 Å². The fraction of sp³-hybridized carbons (Fsp3) is 0.0833. The predicted molar refractivity (Wildman–Crippen MR) is 118 cm³/mol. The zero-order valence-electron chi connectivity index (χ0n) is 17.1. The number of nitrogens with one attached hydrogen (secondary N) is 1. The topological polar surface area (TPSA) is 49.4 Å². The third-order valence-corrected chi connectivity index (χ3v) is 5.92. The second kappa shape index (κ2) is 8.74. The van der Waals surface area contributed by atoms with Crippen molar-refractivity contribution in [1.29, 1.82) is 0 Å². The van der Waals surface area contributed by atoms with E-state index >= 15 is 0 Å². The smallest absolute Gasteiger partial charge is 0.350 e. The van der Waals surface area contributed by atoms with Crippen LogP contribution in [0.2, 0.25) is 0 Å². The molecule has 1 N–H and O–H groups in total. The normalized spacial score (nSPS) is 14.3. The molecular formula is C24H16F4N2O2S. The van der Waals surface area contributed by atoms with Gasteiger partial charge in [0.05, 0.1) is 11.3 Å². The lowest BCUT2D eigenvalue weighted by molar-refractivity contribution is -0.137. The molecule has 0 saturated carbocycles. The molecule has 0 unspecified atom stereocenters. The lowest BCUT2D eigenvalue weighted by Gasteiger charge is -2.17. The number of carbonyl (C=O) groups excluding carboxylic acids is 2. The van der Waals surface area contributed by atoms with E-state index in [-0.39, 0.29) is 16.3 Å². The number of aryl methyl sites for hydroxylation is 1. The average Bonchev–Trinajstić information content (AvgIpc) is 3.00. The molecule has 1 aliphatic rings. The van der Waals surface area contributed by atoms with Crippen molar-refractivity contribution in [2.24, 2.45) is 0 Å². The third kappa shape index (κ3) is 4.78. The summed E-state index contributed by atoms with van der Waals surface area (Å²) < 4.78 is 52.9. The Balaban J connectivity index is 1.75. The summed E-state index contributed by atoms with van der Waals surface area (Å²) in [6, 6.07) is 16.4. The highest BCUT2D eigenvalue weighted by Crippen LogP contribution is 2.39. The molecule has 9 heteroatoms. The van der Waals surface area contributed by atoms with Gasteiger partial charge < -0.3 is 5.32 Å². The van der Waals surface area contributed by atoms with E-state index in [0.29, 0.717) is 15.5 Å². The van der Waals surface area contributed by atoms with Crippen molar-refractivity contribution in [1.82, 2.24) is 0 Å². The quantitative estimate of drug-likeness (QED) is 0.358. The van der Waals surface area contributed by atoms with Crippen LogP contribution in [0.1, 0.15) is 11.1 Å². The standard InChI is InChI=1S/C24H16F4N2O2S/c1-14-5-11-19(12-6-14)33-21-20(29-17-9-7-16(25)8-10-17)22(31)30(23(21)32)18-4-2-3-15(13-18)24(26,27)28/h2-13,29H,1H3. The van der Waals surface area contributed by atoms with E-state index in [9.17, 15) is 27.2 Å². The molecule has 1 aliphatic heterocycles. The van der Waals surface area contributed by atoms with E-state index in [1.54, 1.807) is 12.1 Å². The molecule has 33 heavy (non-hydrogen) atoms. The van der Waals surface area contributed by atoms with E-state index in [1.165, 1.54) is 30.3 Å². The molecule has 0 radical (unpaired) electrons. The number of amides is 2. The first-order valence-electron chi connectivity index (χ1n) is 9.71. The van der Waals surface area contributed by atoms with Gasteiger partial charge in [-0.2, -0.15) is 13.2 Å². The highest BCUT2D eigenvalue weighted by Gasteiger charge is 2.41. The number of hydrogen-bond acceptors (Lipinski definition) is 4. The molecule has 0 aromatic heterocycles. The van der Waals surface area contributed by atoms with Crippen LogP contribution in [0.5, 0.6) is 0 Å². The summed E-state index contributed by atoms with van der Waals surface area (Å²) in [5.74, 6) is -2.05. The van der Waals surface area contributed by atoms with Crippen molar-refractivity contribution < 1.29 is 27.2 Å². The Labute approximate surface area is 190 Å². The maximum Gasteiger partial charge on any atom is 0.416 e. The van der Waals surface area contributed by atoms with E-state index in [0.717, 1.165) is 35.5 Å². The van der Waals surface area contributed by atoms with Crippen molar-refractivity contribution in [3.05, 3.63) is 100 Å². The fourth-order valence-electron chi connectivity index (χ4n) is 3.17. The molecule has 0 saturated heterocycles. The Morgan fingerprint density at radius 1 is 0.879 bits per heavy atom. The minimum Gasteiger partial charge on any atom is -0.350 e. The molecule has 3 aromatic carbocycles. The molecule has 168 valence electrons. The summed E-state index contributed by atoms with van der Waals surface area (Å²) in [6.07, 6.45) is -4.63. The molecule has 0 atom stereocenters. The Kier molecular flexibility index (Phi) is 5.99. The van der Waals surface area contributed by atoms with Crippen molar-refractivity contribution in [3.63, 3.8) is 0 Å². The average molecular weight is 472 g/mol. The minimum atomic E-state index is -4.63. The summed E-state index contributed by atoms with van der Waals surface area (Å²) >= 11 is 1.02. The van der Waals surface area contributed by atoms with Crippen LogP contribution >= 0.6 is 11.8 Å². The van der Waals surface area contributed by atoms with Gasteiger partial charge in [0.2, 0.25) is 0 Å². The predicted octanol–water partition coefficient (Wildman–Crippen LogP) is 6.14. The molecule has 4 rings (SSSR count). The molecular weight excluding hydrogens is 456 g/mol. The summed E-state index contributed by atoms with van der Waals surface area (Å²) in [5.41, 5.74) is 0.0680. The number of halogens is 4. The number of rotatable bonds is 5. The van der Waals surface area contributed by atoms with Crippen molar-refractivity contribution in [2.45, 2.75) is 18.0 Å². The van der Waals surface area contributed by atoms with Gasteiger partial charge in [-0.25, -0.2) is 9.29 Å². The van der Waals surface area contributed by atoms with E-state index in [4.69, 9.17) is 0 Å². The van der Waals surface area contributed by atoms with Gasteiger partial charge in [0, 0.05) is 10.6 Å². The fourth-order valence-corrected chi connectivity index (χ4v) is 4.10. The van der Waals surface area contributed by atoms with Crippen LogP contribution in [0.4, 0.5) is 28.9 Å². The Morgan fingerprint density at radius 2 is 1.55 bits per heavy atom. The first-order chi connectivity index (χ1) is 15.6. The number of benzene rings is 3. The minimum absolute atomic E-state index is 0.0191. The number of thioether (sulfide) groups is 1. The zero-order chi connectivity index (χ0) is 23.8. The second-order valence-electron chi connectivity index (χ2n) is 7.24. The van der Waals surface area contributed by atoms with Crippen LogP contribution in [0.3, 0.4) is 0 Å². The van der Waals surface area contributed by atoms with Gasteiger partial charge in [0.15, 0.2) is 0 Å². The van der Waals surface area contributed by atoms with E-state index in [1.807, 2.05) is 19.1 Å². The van der Waals surface area contributed by atoms with Gasteiger partial charge in [0.1, 0.15) is 16.4 Å². The van der Waals surface area contributed by atoms with Crippen LogP contribution in [0.15, 0.2) is 88.3 Å². The van der Waals surface area contributed by atoms with Gasteiger partial charge in [-0.15, -0.1) is 0 Å². The second-order valence-corrected chi connectivity index (χ2v) is 8.33. The SMILES string of the molecule is Cc1ccc(SC2=C(Nc3ccc(F)cc3)C(=O)N(c3cccc(C(F)(F)F)c3)C2=O)cc1. The molecule has 4 nitrogen and oxygen atoms in total. The lowest BCUT2D eigenvalue weighted by atomic mass is 10.2. The number of nitrogens with zero attached hydrogens (tertiary/aromatic N) is 1. The number of alkyl halides is 3. The number of carbonyl (C=O) groups is 2.